The minimum absolute atomic E-state index is 0.124. The molecule has 0 radical (unpaired) electrons. The molecule has 5 heteroatoms. The molecule has 2 rings (SSSR count). The Hall–Kier alpha value is -2.17. The Labute approximate surface area is 111 Å². The Morgan fingerprint density at radius 1 is 1.26 bits per heavy atom. The van der Waals surface area contributed by atoms with Crippen LogP contribution in [0, 0.1) is 5.41 Å². The molecule has 0 spiro atoms. The van der Waals surface area contributed by atoms with Crippen molar-refractivity contribution in [3.63, 3.8) is 0 Å². The van der Waals surface area contributed by atoms with Gasteiger partial charge in [-0.3, -0.25) is 9.89 Å². The second-order valence-electron chi connectivity index (χ2n) is 5.37. The fourth-order valence-electron chi connectivity index (χ4n) is 1.54. The number of hydrogen-bond acceptors (Lipinski definition) is 4. The molecule has 0 unspecified atom stereocenters. The molecule has 0 aliphatic heterocycles. The molecule has 0 amide bonds. The summed E-state index contributed by atoms with van der Waals surface area (Å²) in [6.45, 7) is 5.12. The van der Waals surface area contributed by atoms with Crippen molar-refractivity contribution >= 4 is 22.7 Å². The minimum atomic E-state index is -0.588. The number of Topliss-reactive ketones (excluding diaryl/α,β-unsaturated/α-hetero) is 1. The van der Waals surface area contributed by atoms with Crippen molar-refractivity contribution in [2.75, 3.05) is 6.61 Å². The standard InChI is InChI=1S/C14H16N2O3/c1-14(2,3)11(17)8-19-13(18)12-9-6-4-5-7-10(9)15-16-12/h4-7H,8H2,1-3H3,(H,15,16). The molecule has 1 N–H and O–H groups in total. The Balaban J connectivity index is 2.11. The number of fused-ring (bicyclic) bond motifs is 1. The lowest BCUT2D eigenvalue weighted by atomic mass is 9.91. The predicted molar refractivity (Wildman–Crippen MR) is 70.8 cm³/mol. The zero-order chi connectivity index (χ0) is 14.0. The number of nitrogens with one attached hydrogen (secondary N) is 1. The van der Waals surface area contributed by atoms with Crippen molar-refractivity contribution in [1.82, 2.24) is 10.2 Å². The number of para-hydroxylation sites is 1. The van der Waals surface area contributed by atoms with Crippen LogP contribution in [-0.4, -0.2) is 28.6 Å². The lowest BCUT2D eigenvalue weighted by Crippen LogP contribution is -2.26. The van der Waals surface area contributed by atoms with Gasteiger partial charge in [0.2, 0.25) is 0 Å². The summed E-state index contributed by atoms with van der Waals surface area (Å²) in [7, 11) is 0. The predicted octanol–water partition coefficient (Wildman–Crippen LogP) is 2.33. The van der Waals surface area contributed by atoms with E-state index in [1.54, 1.807) is 26.8 Å². The molecule has 100 valence electrons. The molecule has 0 aliphatic carbocycles. The van der Waals surface area contributed by atoms with Crippen molar-refractivity contribution in [2.45, 2.75) is 20.8 Å². The number of hydrogen-bond donors (Lipinski definition) is 1. The Morgan fingerprint density at radius 3 is 2.63 bits per heavy atom. The van der Waals surface area contributed by atoms with Crippen LogP contribution >= 0.6 is 0 Å². The Bertz CT molecular complexity index is 623. The van der Waals surface area contributed by atoms with Gasteiger partial charge in [-0.1, -0.05) is 39.0 Å². The van der Waals surface area contributed by atoms with Crippen LogP contribution in [-0.2, 0) is 9.53 Å². The van der Waals surface area contributed by atoms with Gasteiger partial charge in [0, 0.05) is 10.8 Å². The van der Waals surface area contributed by atoms with Crippen LogP contribution in [0.2, 0.25) is 0 Å². The lowest BCUT2D eigenvalue weighted by molar-refractivity contribution is -0.129. The maximum atomic E-state index is 11.9. The number of aromatic nitrogens is 2. The van der Waals surface area contributed by atoms with Crippen LogP contribution in [0.25, 0.3) is 10.9 Å². The normalized spacial score (nSPS) is 11.5. The van der Waals surface area contributed by atoms with E-state index in [-0.39, 0.29) is 18.1 Å². The molecule has 1 heterocycles. The average Bonchev–Trinajstić information content (AvgIpc) is 2.78. The second kappa shape index (κ2) is 4.84. The quantitative estimate of drug-likeness (QED) is 0.860. The van der Waals surface area contributed by atoms with E-state index in [2.05, 4.69) is 10.2 Å². The smallest absolute Gasteiger partial charge is 0.359 e. The van der Waals surface area contributed by atoms with Gasteiger partial charge in [-0.2, -0.15) is 5.10 Å². The van der Waals surface area contributed by atoms with Crippen LogP contribution in [0.5, 0.6) is 0 Å². The van der Waals surface area contributed by atoms with Crippen molar-refractivity contribution in [2.24, 2.45) is 5.41 Å². The number of esters is 1. The van der Waals surface area contributed by atoms with Crippen molar-refractivity contribution in [1.29, 1.82) is 0 Å². The highest BCUT2D eigenvalue weighted by molar-refractivity contribution is 6.02. The molecule has 0 fully saturated rings. The number of ether oxygens (including phenoxy) is 1. The van der Waals surface area contributed by atoms with Gasteiger partial charge in [-0.05, 0) is 6.07 Å². The molecule has 0 bridgehead atoms. The number of carbonyl (C=O) groups excluding carboxylic acids is 2. The third kappa shape index (κ3) is 2.81. The average molecular weight is 260 g/mol. The third-order valence-corrected chi connectivity index (χ3v) is 2.83. The fourth-order valence-corrected chi connectivity index (χ4v) is 1.54. The fraction of sp³-hybridized carbons (Fsp3) is 0.357. The maximum Gasteiger partial charge on any atom is 0.359 e. The molecule has 0 aliphatic rings. The van der Waals surface area contributed by atoms with Gasteiger partial charge in [0.05, 0.1) is 5.52 Å². The summed E-state index contributed by atoms with van der Waals surface area (Å²) in [5.41, 5.74) is 0.447. The number of nitrogens with zero attached hydrogens (tertiary/aromatic N) is 1. The number of ketones is 1. The van der Waals surface area contributed by atoms with E-state index in [0.717, 1.165) is 5.52 Å². The van der Waals surface area contributed by atoms with Gasteiger partial charge in [-0.15, -0.1) is 0 Å². The summed E-state index contributed by atoms with van der Waals surface area (Å²) in [4.78, 5) is 23.6. The van der Waals surface area contributed by atoms with Crippen LogP contribution in [0.1, 0.15) is 31.3 Å². The molecule has 0 atom stereocenters. The Kier molecular flexibility index (Phi) is 3.38. The van der Waals surface area contributed by atoms with E-state index in [0.29, 0.717) is 5.39 Å². The molecular weight excluding hydrogens is 244 g/mol. The van der Waals surface area contributed by atoms with Gasteiger partial charge in [-0.25, -0.2) is 4.79 Å². The molecule has 1 aromatic heterocycles. The topological polar surface area (TPSA) is 72.1 Å². The minimum Gasteiger partial charge on any atom is -0.453 e. The van der Waals surface area contributed by atoms with Gasteiger partial charge in [0.1, 0.15) is 0 Å². The van der Waals surface area contributed by atoms with E-state index in [1.165, 1.54) is 0 Å². The molecule has 0 saturated heterocycles. The highest BCUT2D eigenvalue weighted by atomic mass is 16.5. The number of benzene rings is 1. The van der Waals surface area contributed by atoms with Gasteiger partial charge in [0.15, 0.2) is 18.1 Å². The third-order valence-electron chi connectivity index (χ3n) is 2.83. The summed E-state index contributed by atoms with van der Waals surface area (Å²) in [5, 5.41) is 7.37. The summed E-state index contributed by atoms with van der Waals surface area (Å²) in [6.07, 6.45) is 0. The molecule has 1 aromatic carbocycles. The first-order valence-electron chi connectivity index (χ1n) is 6.03. The van der Waals surface area contributed by atoms with Crippen molar-refractivity contribution in [3.05, 3.63) is 30.0 Å². The van der Waals surface area contributed by atoms with Gasteiger partial charge < -0.3 is 4.74 Å². The highest BCUT2D eigenvalue weighted by Crippen LogP contribution is 2.17. The summed E-state index contributed by atoms with van der Waals surface area (Å²) < 4.78 is 5.01. The monoisotopic (exact) mass is 260 g/mol. The lowest BCUT2D eigenvalue weighted by Gasteiger charge is -2.15. The van der Waals surface area contributed by atoms with Crippen LogP contribution in [0.3, 0.4) is 0 Å². The van der Waals surface area contributed by atoms with Crippen LogP contribution in [0.15, 0.2) is 24.3 Å². The zero-order valence-corrected chi connectivity index (χ0v) is 11.2. The number of carbonyl (C=O) groups is 2. The molecule has 5 nitrogen and oxygen atoms in total. The van der Waals surface area contributed by atoms with Crippen molar-refractivity contribution < 1.29 is 14.3 Å². The summed E-state index contributed by atoms with van der Waals surface area (Å²) in [5.74, 6) is -0.712. The van der Waals surface area contributed by atoms with E-state index < -0.39 is 11.4 Å². The molecule has 2 aromatic rings. The first kappa shape index (κ1) is 13.3. The SMILES string of the molecule is CC(C)(C)C(=O)COC(=O)c1n[nH]c2ccccc12. The maximum absolute atomic E-state index is 11.9. The van der Waals surface area contributed by atoms with E-state index in [1.807, 2.05) is 18.2 Å². The second-order valence-corrected chi connectivity index (χ2v) is 5.37. The van der Waals surface area contributed by atoms with E-state index in [9.17, 15) is 9.59 Å². The first-order valence-corrected chi connectivity index (χ1v) is 6.03. The van der Waals surface area contributed by atoms with E-state index in [4.69, 9.17) is 4.74 Å². The number of H-pyrrole nitrogens is 1. The van der Waals surface area contributed by atoms with Crippen molar-refractivity contribution in [3.8, 4) is 0 Å². The summed E-state index contributed by atoms with van der Waals surface area (Å²) in [6, 6.07) is 7.26. The summed E-state index contributed by atoms with van der Waals surface area (Å²) >= 11 is 0. The van der Waals surface area contributed by atoms with Gasteiger partial charge in [0.25, 0.3) is 0 Å². The van der Waals surface area contributed by atoms with E-state index >= 15 is 0 Å². The zero-order valence-electron chi connectivity index (χ0n) is 11.2. The first-order chi connectivity index (χ1) is 8.89. The molecule has 0 saturated carbocycles. The van der Waals surface area contributed by atoms with Crippen LogP contribution < -0.4 is 0 Å². The molecule has 19 heavy (non-hydrogen) atoms. The number of rotatable bonds is 3. The largest absolute Gasteiger partial charge is 0.453 e. The molecular formula is C14H16N2O3. The van der Waals surface area contributed by atoms with Crippen LogP contribution in [0.4, 0.5) is 0 Å². The Morgan fingerprint density at radius 2 is 1.95 bits per heavy atom. The number of aromatic amines is 1. The van der Waals surface area contributed by atoms with Gasteiger partial charge >= 0.3 is 5.97 Å². The highest BCUT2D eigenvalue weighted by Gasteiger charge is 2.23.